The summed E-state index contributed by atoms with van der Waals surface area (Å²) < 4.78 is 5.38. The van der Waals surface area contributed by atoms with Gasteiger partial charge in [0.1, 0.15) is 5.52 Å². The van der Waals surface area contributed by atoms with Crippen LogP contribution < -0.4 is 4.90 Å². The van der Waals surface area contributed by atoms with Gasteiger partial charge in [0, 0.05) is 24.3 Å². The molecule has 1 aliphatic rings. The average Bonchev–Trinajstić information content (AvgIpc) is 2.94. The first-order chi connectivity index (χ1) is 11.2. The number of ether oxygens (including phenoxy) is 1. The fourth-order valence-corrected chi connectivity index (χ4v) is 3.18. The van der Waals surface area contributed by atoms with Gasteiger partial charge < -0.3 is 14.6 Å². The van der Waals surface area contributed by atoms with Crippen molar-refractivity contribution in [3.8, 4) is 11.3 Å². The van der Waals surface area contributed by atoms with E-state index in [9.17, 15) is 0 Å². The lowest BCUT2D eigenvalue weighted by Gasteiger charge is -2.28. The molecule has 7 heteroatoms. The lowest BCUT2D eigenvalue weighted by atomic mass is 10.1. The zero-order valence-corrected chi connectivity index (χ0v) is 13.7. The van der Waals surface area contributed by atoms with E-state index in [0.29, 0.717) is 27.2 Å². The number of anilines is 1. The van der Waals surface area contributed by atoms with E-state index in [1.165, 1.54) is 5.69 Å². The van der Waals surface area contributed by atoms with Gasteiger partial charge in [-0.2, -0.15) is 0 Å². The Morgan fingerprint density at radius 3 is 2.52 bits per heavy atom. The predicted octanol–water partition coefficient (Wildman–Crippen LogP) is 3.77. The van der Waals surface area contributed by atoms with Gasteiger partial charge in [0.15, 0.2) is 5.65 Å². The molecule has 0 aliphatic carbocycles. The number of halogens is 2. The van der Waals surface area contributed by atoms with Crippen LogP contribution in [0, 0.1) is 0 Å². The summed E-state index contributed by atoms with van der Waals surface area (Å²) in [4.78, 5) is 13.9. The lowest BCUT2D eigenvalue weighted by molar-refractivity contribution is 0.122. The summed E-state index contributed by atoms with van der Waals surface area (Å²) in [7, 11) is 0. The molecular formula is C16H14Cl2N4O. The number of nitrogens with zero attached hydrogens (tertiary/aromatic N) is 3. The maximum absolute atomic E-state index is 6.35. The van der Waals surface area contributed by atoms with Crippen LogP contribution in [0.4, 0.5) is 5.69 Å². The van der Waals surface area contributed by atoms with Crippen LogP contribution >= 0.6 is 23.2 Å². The Morgan fingerprint density at radius 2 is 1.78 bits per heavy atom. The van der Waals surface area contributed by atoms with Crippen LogP contribution in [-0.4, -0.2) is 41.3 Å². The molecule has 23 heavy (non-hydrogen) atoms. The SMILES string of the molecule is Clc1nc2cc(Cl)c(-c3ccc(N4CCOCC4)cc3)nc2[nH]1. The van der Waals surface area contributed by atoms with E-state index >= 15 is 0 Å². The lowest BCUT2D eigenvalue weighted by Crippen LogP contribution is -2.36. The van der Waals surface area contributed by atoms with Crippen molar-refractivity contribution in [2.75, 3.05) is 31.2 Å². The minimum Gasteiger partial charge on any atom is -0.378 e. The molecule has 1 fully saturated rings. The Balaban J connectivity index is 1.68. The fraction of sp³-hybridized carbons (Fsp3) is 0.250. The topological polar surface area (TPSA) is 54.0 Å². The van der Waals surface area contributed by atoms with Crippen molar-refractivity contribution in [1.29, 1.82) is 0 Å². The molecule has 0 amide bonds. The third-order valence-corrected chi connectivity index (χ3v) is 4.38. The third kappa shape index (κ3) is 2.87. The number of hydrogen-bond acceptors (Lipinski definition) is 4. The number of rotatable bonds is 2. The summed E-state index contributed by atoms with van der Waals surface area (Å²) in [5.41, 5.74) is 4.15. The van der Waals surface area contributed by atoms with E-state index in [2.05, 4.69) is 32.0 Å². The standard InChI is InChI=1S/C16H14Cl2N4O/c17-12-9-13-15(21-16(18)19-13)20-14(12)10-1-3-11(4-2-10)22-5-7-23-8-6-22/h1-4,9H,5-8H2,(H,19,20,21). The summed E-state index contributed by atoms with van der Waals surface area (Å²) in [6.45, 7) is 3.37. The smallest absolute Gasteiger partial charge is 0.202 e. The number of H-pyrrole nitrogens is 1. The number of aromatic amines is 1. The molecule has 0 bridgehead atoms. The molecular weight excluding hydrogens is 335 g/mol. The van der Waals surface area contributed by atoms with Crippen LogP contribution in [0.5, 0.6) is 0 Å². The fourth-order valence-electron chi connectivity index (χ4n) is 2.74. The Labute approximate surface area is 143 Å². The summed E-state index contributed by atoms with van der Waals surface area (Å²) in [6, 6.07) is 10.0. The van der Waals surface area contributed by atoms with Gasteiger partial charge in [0.25, 0.3) is 0 Å². The maximum Gasteiger partial charge on any atom is 0.202 e. The van der Waals surface area contributed by atoms with Crippen LogP contribution in [0.25, 0.3) is 22.4 Å². The summed E-state index contributed by atoms with van der Waals surface area (Å²) >= 11 is 12.2. The molecule has 0 spiro atoms. The van der Waals surface area contributed by atoms with Gasteiger partial charge in [-0.3, -0.25) is 0 Å². The number of aromatic nitrogens is 3. The van der Waals surface area contributed by atoms with Gasteiger partial charge in [-0.25, -0.2) is 9.97 Å². The summed E-state index contributed by atoms with van der Waals surface area (Å²) in [5.74, 6) is 0. The molecule has 3 aromatic rings. The average molecular weight is 349 g/mol. The summed E-state index contributed by atoms with van der Waals surface area (Å²) in [5, 5.41) is 0.864. The first kappa shape index (κ1) is 14.8. The number of pyridine rings is 1. The highest BCUT2D eigenvalue weighted by Gasteiger charge is 2.13. The molecule has 1 saturated heterocycles. The van der Waals surface area contributed by atoms with Gasteiger partial charge in [0.2, 0.25) is 5.28 Å². The van der Waals surface area contributed by atoms with Crippen molar-refractivity contribution in [3.05, 3.63) is 40.6 Å². The van der Waals surface area contributed by atoms with Crippen LogP contribution in [-0.2, 0) is 4.74 Å². The van der Waals surface area contributed by atoms with E-state index in [1.807, 2.05) is 12.1 Å². The molecule has 0 radical (unpaired) electrons. The summed E-state index contributed by atoms with van der Waals surface area (Å²) in [6.07, 6.45) is 0. The van der Waals surface area contributed by atoms with Crippen LogP contribution in [0.1, 0.15) is 0 Å². The molecule has 118 valence electrons. The van der Waals surface area contributed by atoms with Crippen molar-refractivity contribution in [2.45, 2.75) is 0 Å². The molecule has 0 saturated carbocycles. The quantitative estimate of drug-likeness (QED) is 0.765. The van der Waals surface area contributed by atoms with Crippen molar-refractivity contribution < 1.29 is 4.74 Å². The van der Waals surface area contributed by atoms with Crippen molar-refractivity contribution in [2.24, 2.45) is 0 Å². The molecule has 5 nitrogen and oxygen atoms in total. The maximum atomic E-state index is 6.35. The Hall–Kier alpha value is -1.82. The van der Waals surface area contributed by atoms with E-state index in [0.717, 1.165) is 31.9 Å². The Kier molecular flexibility index (Phi) is 3.85. The normalized spacial score (nSPS) is 15.3. The van der Waals surface area contributed by atoms with Gasteiger partial charge in [-0.15, -0.1) is 0 Å². The number of nitrogens with one attached hydrogen (secondary N) is 1. The molecule has 4 rings (SSSR count). The van der Waals surface area contributed by atoms with E-state index < -0.39 is 0 Å². The molecule has 3 heterocycles. The highest BCUT2D eigenvalue weighted by molar-refractivity contribution is 6.34. The number of hydrogen-bond donors (Lipinski definition) is 1. The second kappa shape index (κ2) is 6.00. The predicted molar refractivity (Wildman–Crippen MR) is 92.4 cm³/mol. The zero-order valence-electron chi connectivity index (χ0n) is 12.2. The zero-order chi connectivity index (χ0) is 15.8. The molecule has 1 aromatic carbocycles. The van der Waals surface area contributed by atoms with Crippen molar-refractivity contribution in [1.82, 2.24) is 15.0 Å². The molecule has 1 aliphatic heterocycles. The first-order valence-corrected chi connectivity index (χ1v) is 8.11. The van der Waals surface area contributed by atoms with E-state index in [1.54, 1.807) is 6.07 Å². The monoisotopic (exact) mass is 348 g/mol. The van der Waals surface area contributed by atoms with Crippen LogP contribution in [0.2, 0.25) is 10.3 Å². The Morgan fingerprint density at radius 1 is 1.04 bits per heavy atom. The van der Waals surface area contributed by atoms with Gasteiger partial charge in [-0.1, -0.05) is 23.7 Å². The largest absolute Gasteiger partial charge is 0.378 e. The second-order valence-corrected chi connectivity index (χ2v) is 6.13. The number of benzene rings is 1. The van der Waals surface area contributed by atoms with Gasteiger partial charge in [-0.05, 0) is 29.8 Å². The van der Waals surface area contributed by atoms with E-state index in [-0.39, 0.29) is 0 Å². The highest BCUT2D eigenvalue weighted by atomic mass is 35.5. The minimum atomic E-state index is 0.309. The first-order valence-electron chi connectivity index (χ1n) is 7.35. The molecule has 1 N–H and O–H groups in total. The second-order valence-electron chi connectivity index (χ2n) is 5.36. The van der Waals surface area contributed by atoms with Gasteiger partial charge >= 0.3 is 0 Å². The number of morpholine rings is 1. The van der Waals surface area contributed by atoms with Crippen LogP contribution in [0.15, 0.2) is 30.3 Å². The Bertz CT molecular complexity index is 841. The van der Waals surface area contributed by atoms with E-state index in [4.69, 9.17) is 27.9 Å². The molecule has 0 unspecified atom stereocenters. The van der Waals surface area contributed by atoms with Crippen LogP contribution in [0.3, 0.4) is 0 Å². The van der Waals surface area contributed by atoms with Crippen molar-refractivity contribution >= 4 is 40.1 Å². The minimum absolute atomic E-state index is 0.309. The molecule has 2 aromatic heterocycles. The van der Waals surface area contributed by atoms with Crippen molar-refractivity contribution in [3.63, 3.8) is 0 Å². The third-order valence-electron chi connectivity index (χ3n) is 3.91. The highest BCUT2D eigenvalue weighted by Crippen LogP contribution is 2.30. The van der Waals surface area contributed by atoms with Gasteiger partial charge in [0.05, 0.1) is 23.9 Å². The molecule has 0 atom stereocenters. The number of imidazole rings is 1. The number of fused-ring (bicyclic) bond motifs is 1.